The van der Waals surface area contributed by atoms with Crippen LogP contribution in [0.4, 0.5) is 5.69 Å². The lowest BCUT2D eigenvalue weighted by molar-refractivity contribution is -0.140. The van der Waals surface area contributed by atoms with E-state index in [2.05, 4.69) is 21.2 Å². The molecule has 1 N–H and O–H groups in total. The lowest BCUT2D eigenvalue weighted by Gasteiger charge is -2.34. The highest BCUT2D eigenvalue weighted by molar-refractivity contribution is 9.10. The van der Waals surface area contributed by atoms with E-state index in [0.717, 1.165) is 32.6 Å². The highest BCUT2D eigenvalue weighted by Gasteiger charge is 2.33. The summed E-state index contributed by atoms with van der Waals surface area (Å²) in [6.45, 7) is 4.22. The third-order valence-electron chi connectivity index (χ3n) is 7.03. The molecule has 2 amide bonds. The fourth-order valence-electron chi connectivity index (χ4n) is 4.58. The van der Waals surface area contributed by atoms with Crippen molar-refractivity contribution in [3.05, 3.63) is 88.4 Å². The molecule has 11 heteroatoms. The Hall–Kier alpha value is -3.57. The molecule has 9 nitrogen and oxygen atoms in total. The molecule has 0 aliphatic carbocycles. The Morgan fingerprint density at radius 1 is 0.952 bits per heavy atom. The summed E-state index contributed by atoms with van der Waals surface area (Å²) >= 11 is 3.44. The first kappa shape index (κ1) is 31.4. The number of sulfonamides is 1. The van der Waals surface area contributed by atoms with Gasteiger partial charge in [-0.2, -0.15) is 0 Å². The second kappa shape index (κ2) is 14.1. The van der Waals surface area contributed by atoms with E-state index in [0.29, 0.717) is 24.7 Å². The molecule has 0 spiro atoms. The van der Waals surface area contributed by atoms with Crippen LogP contribution in [0, 0.1) is 0 Å². The summed E-state index contributed by atoms with van der Waals surface area (Å²) in [6.07, 6.45) is 2.03. The largest absolute Gasteiger partial charge is 0.486 e. The van der Waals surface area contributed by atoms with Gasteiger partial charge in [0.1, 0.15) is 25.8 Å². The molecule has 0 aromatic heterocycles. The minimum absolute atomic E-state index is 0.106. The third kappa shape index (κ3) is 8.25. The molecule has 1 aliphatic rings. The van der Waals surface area contributed by atoms with Crippen molar-refractivity contribution in [2.24, 2.45) is 0 Å². The lowest BCUT2D eigenvalue weighted by atomic mass is 10.0. The van der Waals surface area contributed by atoms with Crippen LogP contribution in [0.25, 0.3) is 0 Å². The number of carbonyl (C=O) groups is 2. The molecule has 1 heterocycles. The number of carbonyl (C=O) groups excluding carboxylic acids is 2. The molecule has 0 radical (unpaired) electrons. The van der Waals surface area contributed by atoms with Crippen LogP contribution < -0.4 is 19.1 Å². The Bertz CT molecular complexity index is 1480. The molecule has 0 bridgehead atoms. The molecule has 3 aromatic carbocycles. The van der Waals surface area contributed by atoms with Gasteiger partial charge in [-0.15, -0.1) is 0 Å². The minimum Gasteiger partial charge on any atom is -0.486 e. The van der Waals surface area contributed by atoms with Gasteiger partial charge in [-0.25, -0.2) is 8.42 Å². The Morgan fingerprint density at radius 3 is 2.26 bits per heavy atom. The molecule has 1 aliphatic heterocycles. The number of hydrogen-bond acceptors (Lipinski definition) is 6. The van der Waals surface area contributed by atoms with E-state index in [-0.39, 0.29) is 30.6 Å². The van der Waals surface area contributed by atoms with Crippen molar-refractivity contribution >= 4 is 43.5 Å². The zero-order valence-corrected chi connectivity index (χ0v) is 26.4. The molecular weight excluding hydrogens is 622 g/mol. The van der Waals surface area contributed by atoms with Crippen LogP contribution in [0.15, 0.2) is 77.3 Å². The van der Waals surface area contributed by atoms with Gasteiger partial charge in [-0.05, 0) is 48.7 Å². The quantitative estimate of drug-likeness (QED) is 0.307. The zero-order valence-electron chi connectivity index (χ0n) is 24.0. The summed E-state index contributed by atoms with van der Waals surface area (Å²) in [5.74, 6) is 0.0927. The first-order valence-electron chi connectivity index (χ1n) is 13.8. The summed E-state index contributed by atoms with van der Waals surface area (Å²) in [7, 11) is -3.90. The van der Waals surface area contributed by atoms with Gasteiger partial charge in [0, 0.05) is 29.5 Å². The molecule has 3 aromatic rings. The maximum Gasteiger partial charge on any atom is 0.244 e. The maximum atomic E-state index is 14.2. The molecule has 224 valence electrons. The number of benzene rings is 3. The second-order valence-electron chi connectivity index (χ2n) is 10.3. The van der Waals surface area contributed by atoms with E-state index in [1.165, 1.54) is 4.90 Å². The predicted molar refractivity (Wildman–Crippen MR) is 166 cm³/mol. The number of anilines is 1. The van der Waals surface area contributed by atoms with E-state index in [9.17, 15) is 18.0 Å². The van der Waals surface area contributed by atoms with Crippen LogP contribution in [0.3, 0.4) is 0 Å². The molecular formula is C31H36BrN3O6S. The van der Waals surface area contributed by atoms with Gasteiger partial charge in [-0.1, -0.05) is 65.3 Å². The van der Waals surface area contributed by atoms with Crippen molar-refractivity contribution in [3.63, 3.8) is 0 Å². The number of amides is 2. The summed E-state index contributed by atoms with van der Waals surface area (Å²) in [5, 5.41) is 3.03. The fourth-order valence-corrected chi connectivity index (χ4v) is 5.69. The topological polar surface area (TPSA) is 105 Å². The van der Waals surface area contributed by atoms with Gasteiger partial charge in [0.05, 0.1) is 11.9 Å². The number of rotatable bonds is 12. The van der Waals surface area contributed by atoms with Crippen molar-refractivity contribution in [2.45, 2.75) is 45.3 Å². The van der Waals surface area contributed by atoms with E-state index in [1.54, 1.807) is 18.2 Å². The smallest absolute Gasteiger partial charge is 0.244 e. The summed E-state index contributed by atoms with van der Waals surface area (Å²) in [6, 6.07) is 20.7. The van der Waals surface area contributed by atoms with Crippen LogP contribution in [0.1, 0.15) is 31.4 Å². The average Bonchev–Trinajstić information content (AvgIpc) is 2.98. The van der Waals surface area contributed by atoms with Crippen LogP contribution in [0.2, 0.25) is 0 Å². The number of nitrogens with one attached hydrogen (secondary N) is 1. The normalized spacial score (nSPS) is 14.0. The van der Waals surface area contributed by atoms with Crippen molar-refractivity contribution < 1.29 is 27.5 Å². The number of halogens is 1. The van der Waals surface area contributed by atoms with Crippen molar-refractivity contribution in [1.82, 2.24) is 10.2 Å². The van der Waals surface area contributed by atoms with Gasteiger partial charge >= 0.3 is 0 Å². The lowest BCUT2D eigenvalue weighted by Crippen LogP contribution is -2.54. The van der Waals surface area contributed by atoms with E-state index in [4.69, 9.17) is 9.47 Å². The van der Waals surface area contributed by atoms with Gasteiger partial charge < -0.3 is 19.7 Å². The number of ether oxygens (including phenoxy) is 2. The fraction of sp³-hybridized carbons (Fsp3) is 0.355. The Kier molecular flexibility index (Phi) is 10.5. The molecule has 4 rings (SSSR count). The van der Waals surface area contributed by atoms with Gasteiger partial charge in [-0.3, -0.25) is 13.9 Å². The highest BCUT2D eigenvalue weighted by Crippen LogP contribution is 2.35. The maximum absolute atomic E-state index is 14.2. The van der Waals surface area contributed by atoms with Crippen molar-refractivity contribution in [3.8, 4) is 11.5 Å². The van der Waals surface area contributed by atoms with Gasteiger partial charge in [0.25, 0.3) is 0 Å². The van der Waals surface area contributed by atoms with Crippen LogP contribution in [-0.4, -0.2) is 63.2 Å². The third-order valence-corrected chi connectivity index (χ3v) is 8.70. The molecule has 0 saturated carbocycles. The number of nitrogens with zero attached hydrogens (tertiary/aromatic N) is 2. The van der Waals surface area contributed by atoms with Crippen LogP contribution in [0.5, 0.6) is 11.5 Å². The average molecular weight is 659 g/mol. The first-order valence-corrected chi connectivity index (χ1v) is 16.4. The minimum atomic E-state index is -3.90. The van der Waals surface area contributed by atoms with Crippen LogP contribution in [-0.2, 0) is 32.6 Å². The zero-order chi connectivity index (χ0) is 30.3. The molecule has 0 saturated heterocycles. The number of fused-ring (bicyclic) bond motifs is 1. The predicted octanol–water partition coefficient (Wildman–Crippen LogP) is 4.54. The van der Waals surface area contributed by atoms with Crippen molar-refractivity contribution in [1.29, 1.82) is 0 Å². The highest BCUT2D eigenvalue weighted by atomic mass is 79.9. The molecule has 2 atom stereocenters. The summed E-state index contributed by atoms with van der Waals surface area (Å²) < 4.78 is 39.2. The summed E-state index contributed by atoms with van der Waals surface area (Å²) in [4.78, 5) is 29.4. The molecule has 42 heavy (non-hydrogen) atoms. The monoisotopic (exact) mass is 657 g/mol. The van der Waals surface area contributed by atoms with E-state index in [1.807, 2.05) is 68.4 Å². The Balaban J connectivity index is 1.73. The molecule has 0 fully saturated rings. The Labute approximate surface area is 256 Å². The Morgan fingerprint density at radius 2 is 1.62 bits per heavy atom. The van der Waals surface area contributed by atoms with Gasteiger partial charge in [0.2, 0.25) is 21.8 Å². The second-order valence-corrected chi connectivity index (χ2v) is 13.1. The van der Waals surface area contributed by atoms with E-state index >= 15 is 0 Å². The van der Waals surface area contributed by atoms with Crippen LogP contribution >= 0.6 is 15.9 Å². The van der Waals surface area contributed by atoms with Crippen molar-refractivity contribution in [2.75, 3.05) is 30.3 Å². The summed E-state index contributed by atoms with van der Waals surface area (Å²) in [5.41, 5.74) is 1.94. The standard InChI is InChI=1S/C31H36BrN3O6S/c1-4-22(2)33-31(37)27(18-23-8-6-5-7-9-23)34(20-24-10-12-25(32)13-11-24)30(36)21-35(42(3,38)39)26-14-15-28-29(19-26)41-17-16-40-28/h5-15,19,22,27H,4,16-18,20-21H2,1-3H3,(H,33,37)/t22-,27-/m1/s1. The first-order chi connectivity index (χ1) is 20.0. The molecule has 0 unspecified atom stereocenters. The van der Waals surface area contributed by atoms with E-state index < -0.39 is 28.5 Å². The van der Waals surface area contributed by atoms with Gasteiger partial charge in [0.15, 0.2) is 11.5 Å². The SMILES string of the molecule is CC[C@@H](C)NC(=O)[C@@H](Cc1ccccc1)N(Cc1ccc(Br)cc1)C(=O)CN(c1ccc2c(c1)OCCO2)S(C)(=O)=O. The number of hydrogen-bond donors (Lipinski definition) is 1.